The number of rotatable bonds is 1. The van der Waals surface area contributed by atoms with Crippen LogP contribution in [-0.4, -0.2) is 17.7 Å². The predicted octanol–water partition coefficient (Wildman–Crippen LogP) is 2.70. The smallest absolute Gasteiger partial charge is 0.407 e. The molecule has 2 aliphatic rings. The van der Waals surface area contributed by atoms with E-state index in [1.807, 2.05) is 20.8 Å². The van der Waals surface area contributed by atoms with E-state index >= 15 is 0 Å². The normalized spacial score (nSPS) is 35.4. The van der Waals surface area contributed by atoms with Gasteiger partial charge in [0, 0.05) is 12.0 Å². The Morgan fingerprint density at radius 1 is 1.35 bits per heavy atom. The van der Waals surface area contributed by atoms with Crippen LogP contribution in [0.4, 0.5) is 4.79 Å². The molecule has 1 spiro atoms. The summed E-state index contributed by atoms with van der Waals surface area (Å²) in [5.41, 5.74) is 0.0211. The van der Waals surface area contributed by atoms with E-state index in [1.54, 1.807) is 0 Å². The molecule has 0 heterocycles. The van der Waals surface area contributed by atoms with E-state index < -0.39 is 5.60 Å². The molecule has 2 rings (SSSR count). The van der Waals surface area contributed by atoms with E-state index in [1.165, 1.54) is 0 Å². The number of amides is 1. The van der Waals surface area contributed by atoms with Gasteiger partial charge in [0.1, 0.15) is 5.60 Å². The van der Waals surface area contributed by atoms with Crippen LogP contribution in [0, 0.1) is 23.7 Å². The molecular weight excluding hydrogens is 214 g/mol. The molecule has 0 unspecified atom stereocenters. The van der Waals surface area contributed by atoms with Crippen LogP contribution in [0.15, 0.2) is 0 Å². The van der Waals surface area contributed by atoms with Crippen molar-refractivity contribution in [2.24, 2.45) is 11.3 Å². The van der Waals surface area contributed by atoms with Crippen molar-refractivity contribution < 1.29 is 9.53 Å². The lowest BCUT2D eigenvalue weighted by Crippen LogP contribution is -2.56. The monoisotopic (exact) mass is 235 g/mol. The van der Waals surface area contributed by atoms with Crippen molar-refractivity contribution in [1.29, 1.82) is 0 Å². The van der Waals surface area contributed by atoms with Crippen LogP contribution in [0.3, 0.4) is 0 Å². The summed E-state index contributed by atoms with van der Waals surface area (Å²) in [4.78, 5) is 11.5. The number of nitrogens with one attached hydrogen (secondary N) is 1. The minimum atomic E-state index is -0.420. The Balaban J connectivity index is 1.68. The van der Waals surface area contributed by atoms with Gasteiger partial charge >= 0.3 is 6.09 Å². The lowest BCUT2D eigenvalue weighted by Gasteiger charge is -2.56. The topological polar surface area (TPSA) is 38.3 Å². The minimum absolute atomic E-state index is 0.281. The average Bonchev–Trinajstić information content (AvgIpc) is 2.03. The number of carbonyl (C=O) groups excluding carboxylic acids is 1. The Morgan fingerprint density at radius 3 is 2.41 bits per heavy atom. The Morgan fingerprint density at radius 2 is 1.94 bits per heavy atom. The molecule has 17 heavy (non-hydrogen) atoms. The Hall–Kier alpha value is -1.17. The van der Waals surface area contributed by atoms with E-state index in [9.17, 15) is 4.79 Å². The van der Waals surface area contributed by atoms with E-state index in [4.69, 9.17) is 11.2 Å². The summed E-state index contributed by atoms with van der Waals surface area (Å²) in [5, 5.41) is 2.92. The van der Waals surface area contributed by atoms with Gasteiger partial charge in [-0.05, 0) is 51.9 Å². The summed E-state index contributed by atoms with van der Waals surface area (Å²) in [6.45, 7) is 5.62. The lowest BCUT2D eigenvalue weighted by atomic mass is 9.50. The van der Waals surface area contributed by atoms with Crippen molar-refractivity contribution in [1.82, 2.24) is 5.32 Å². The van der Waals surface area contributed by atoms with Gasteiger partial charge in [0.2, 0.25) is 0 Å². The minimum Gasteiger partial charge on any atom is -0.444 e. The number of hydrogen-bond acceptors (Lipinski definition) is 2. The SMILES string of the molecule is C#CC1CC2(C1)CC(NC(=O)OC(C)(C)C)C2. The highest BCUT2D eigenvalue weighted by atomic mass is 16.6. The van der Waals surface area contributed by atoms with Crippen molar-refractivity contribution >= 4 is 6.09 Å². The Kier molecular flexibility index (Phi) is 2.85. The van der Waals surface area contributed by atoms with Crippen LogP contribution in [0.25, 0.3) is 0 Å². The van der Waals surface area contributed by atoms with Crippen LogP contribution in [-0.2, 0) is 4.74 Å². The second kappa shape index (κ2) is 3.94. The van der Waals surface area contributed by atoms with Gasteiger partial charge in [0.25, 0.3) is 0 Å². The summed E-state index contributed by atoms with van der Waals surface area (Å²) >= 11 is 0. The maximum Gasteiger partial charge on any atom is 0.407 e. The van der Waals surface area contributed by atoms with Gasteiger partial charge < -0.3 is 10.1 Å². The van der Waals surface area contributed by atoms with Crippen LogP contribution >= 0.6 is 0 Å². The molecule has 0 aromatic heterocycles. The fourth-order valence-corrected chi connectivity index (χ4v) is 3.00. The molecule has 0 aromatic rings. The second-order valence-electron chi connectivity index (χ2n) is 6.52. The molecule has 94 valence electrons. The zero-order chi connectivity index (χ0) is 12.7. The first-order valence-corrected chi connectivity index (χ1v) is 6.28. The quantitative estimate of drug-likeness (QED) is 0.710. The molecule has 0 bridgehead atoms. The highest BCUT2D eigenvalue weighted by Gasteiger charge is 2.52. The maximum atomic E-state index is 11.5. The summed E-state index contributed by atoms with van der Waals surface area (Å²) in [7, 11) is 0. The van der Waals surface area contributed by atoms with Crippen molar-refractivity contribution in [3.63, 3.8) is 0 Å². The molecule has 0 aromatic carbocycles. The standard InChI is InChI=1S/C14H21NO2/c1-5-10-6-14(7-10)8-11(9-14)15-12(16)17-13(2,3)4/h1,10-11H,6-9H2,2-4H3,(H,15,16). The van der Waals surface area contributed by atoms with E-state index in [0.29, 0.717) is 11.3 Å². The second-order valence-corrected chi connectivity index (χ2v) is 6.52. The molecule has 0 aliphatic heterocycles. The summed E-state index contributed by atoms with van der Waals surface area (Å²) in [6.07, 6.45) is 9.47. The van der Waals surface area contributed by atoms with Gasteiger partial charge in [-0.2, -0.15) is 0 Å². The highest BCUT2D eigenvalue weighted by molar-refractivity contribution is 5.68. The van der Waals surface area contributed by atoms with E-state index in [-0.39, 0.29) is 12.1 Å². The van der Waals surface area contributed by atoms with Gasteiger partial charge in [-0.3, -0.25) is 0 Å². The largest absolute Gasteiger partial charge is 0.444 e. The number of hydrogen-bond donors (Lipinski definition) is 1. The highest BCUT2D eigenvalue weighted by Crippen LogP contribution is 2.58. The summed E-state index contributed by atoms with van der Waals surface area (Å²) in [6, 6.07) is 0.281. The lowest BCUT2D eigenvalue weighted by molar-refractivity contribution is -0.0323. The predicted molar refractivity (Wildman–Crippen MR) is 66.4 cm³/mol. The molecule has 3 heteroatoms. The molecule has 3 nitrogen and oxygen atoms in total. The van der Waals surface area contributed by atoms with Crippen LogP contribution in [0.2, 0.25) is 0 Å². The fraction of sp³-hybridized carbons (Fsp3) is 0.786. The van der Waals surface area contributed by atoms with Gasteiger partial charge in [0.15, 0.2) is 0 Å². The zero-order valence-corrected chi connectivity index (χ0v) is 10.9. The van der Waals surface area contributed by atoms with Gasteiger partial charge in [-0.15, -0.1) is 12.3 Å². The van der Waals surface area contributed by atoms with Gasteiger partial charge in [0.05, 0.1) is 0 Å². The third-order valence-electron chi connectivity index (χ3n) is 3.67. The van der Waals surface area contributed by atoms with Crippen molar-refractivity contribution in [3.8, 4) is 12.3 Å². The molecule has 1 N–H and O–H groups in total. The molecule has 2 saturated carbocycles. The van der Waals surface area contributed by atoms with Crippen molar-refractivity contribution in [2.75, 3.05) is 0 Å². The van der Waals surface area contributed by atoms with Crippen LogP contribution < -0.4 is 5.32 Å². The molecule has 0 radical (unpaired) electrons. The van der Waals surface area contributed by atoms with E-state index in [0.717, 1.165) is 25.7 Å². The molecular formula is C14H21NO2. The molecule has 2 aliphatic carbocycles. The number of ether oxygens (including phenoxy) is 1. The number of terminal acetylenes is 1. The molecule has 2 fully saturated rings. The third kappa shape index (κ3) is 2.74. The number of alkyl carbamates (subject to hydrolysis) is 1. The Labute approximate surface area is 103 Å². The maximum absolute atomic E-state index is 11.5. The molecule has 0 saturated heterocycles. The average molecular weight is 235 g/mol. The van der Waals surface area contributed by atoms with Crippen molar-refractivity contribution in [2.45, 2.75) is 58.1 Å². The van der Waals surface area contributed by atoms with E-state index in [2.05, 4.69) is 11.2 Å². The van der Waals surface area contributed by atoms with Crippen LogP contribution in [0.5, 0.6) is 0 Å². The van der Waals surface area contributed by atoms with Gasteiger partial charge in [-0.25, -0.2) is 4.79 Å². The Bertz CT molecular complexity index is 347. The first-order chi connectivity index (χ1) is 7.82. The molecule has 0 atom stereocenters. The summed E-state index contributed by atoms with van der Waals surface area (Å²) in [5.74, 6) is 3.27. The summed E-state index contributed by atoms with van der Waals surface area (Å²) < 4.78 is 5.22. The zero-order valence-electron chi connectivity index (χ0n) is 10.9. The van der Waals surface area contributed by atoms with Gasteiger partial charge in [-0.1, -0.05) is 0 Å². The fourth-order valence-electron chi connectivity index (χ4n) is 3.00. The first-order valence-electron chi connectivity index (χ1n) is 6.28. The first kappa shape index (κ1) is 12.3. The molecule has 1 amide bonds. The third-order valence-corrected chi connectivity index (χ3v) is 3.67. The van der Waals surface area contributed by atoms with Crippen molar-refractivity contribution in [3.05, 3.63) is 0 Å². The van der Waals surface area contributed by atoms with Crippen LogP contribution in [0.1, 0.15) is 46.5 Å². The number of carbonyl (C=O) groups is 1.